The van der Waals surface area contributed by atoms with Crippen molar-refractivity contribution in [2.75, 3.05) is 6.54 Å². The number of allylic oxidation sites excluding steroid dienone is 4. The Kier molecular flexibility index (Phi) is 7.57. The number of ketones is 1. The molecule has 8 heteroatoms. The molecule has 56 heavy (non-hydrogen) atoms. The summed E-state index contributed by atoms with van der Waals surface area (Å²) in [6.07, 6.45) is 12.7. The van der Waals surface area contributed by atoms with E-state index in [0.29, 0.717) is 38.6 Å². The van der Waals surface area contributed by atoms with E-state index in [9.17, 15) is 15.0 Å². The minimum Gasteiger partial charge on any atom is -0.448 e. The maximum Gasteiger partial charge on any atom is 0.313 e. The van der Waals surface area contributed by atoms with Crippen LogP contribution in [0.15, 0.2) is 84.5 Å². The molecular formula is C48H55NO6S. The molecule has 2 spiro atoms. The molecule has 1 unspecified atom stereocenters. The molecule has 11 rings (SSSR count). The molecule has 1 saturated heterocycles. The van der Waals surface area contributed by atoms with Crippen LogP contribution in [0.2, 0.25) is 0 Å². The lowest BCUT2D eigenvalue weighted by atomic mass is 9.32. The van der Waals surface area contributed by atoms with Crippen LogP contribution in [-0.4, -0.2) is 56.6 Å². The predicted octanol–water partition coefficient (Wildman–Crippen LogP) is 8.83. The van der Waals surface area contributed by atoms with Gasteiger partial charge in [0.25, 0.3) is 5.91 Å². The Morgan fingerprint density at radius 2 is 1.55 bits per heavy atom. The summed E-state index contributed by atoms with van der Waals surface area (Å²) in [6.45, 7) is 11.0. The predicted molar refractivity (Wildman–Crippen MR) is 217 cm³/mol. The Morgan fingerprint density at radius 1 is 0.857 bits per heavy atom. The number of amides is 1. The molecule has 10 atom stereocenters. The second-order valence-corrected chi connectivity index (χ2v) is 21.2. The number of hydrogen-bond donors (Lipinski definition) is 2. The molecular weight excluding hydrogens is 719 g/mol. The Morgan fingerprint density at radius 3 is 2.27 bits per heavy atom. The maximum atomic E-state index is 15.2. The molecule has 2 N–H and O–H groups in total. The fraction of sp³-hybridized carbons (Fsp3) is 0.562. The molecule has 1 amide bonds. The van der Waals surface area contributed by atoms with Crippen molar-refractivity contribution in [3.05, 3.63) is 94.9 Å². The van der Waals surface area contributed by atoms with Crippen LogP contribution in [0.3, 0.4) is 0 Å². The lowest BCUT2D eigenvalue weighted by molar-refractivity contribution is -0.187. The lowest BCUT2D eigenvalue weighted by Gasteiger charge is -2.71. The van der Waals surface area contributed by atoms with Gasteiger partial charge in [-0.2, -0.15) is 0 Å². The highest BCUT2D eigenvalue weighted by molar-refractivity contribution is 7.21. The average Bonchev–Trinajstić information content (AvgIpc) is 3.83. The third-order valence-electron chi connectivity index (χ3n) is 18.0. The van der Waals surface area contributed by atoms with Crippen LogP contribution in [0, 0.1) is 44.3 Å². The monoisotopic (exact) mass is 773 g/mol. The van der Waals surface area contributed by atoms with Crippen molar-refractivity contribution in [3.8, 4) is 0 Å². The Bertz CT molecular complexity index is 2230. The Labute approximate surface area is 334 Å². The number of Topliss-reactive ketones (excluding diaryl/α,β-unsaturated/α-hetero) is 1. The fourth-order valence-electron chi connectivity index (χ4n) is 14.1. The van der Waals surface area contributed by atoms with Gasteiger partial charge in [-0.25, -0.2) is 0 Å². The first-order chi connectivity index (χ1) is 26.5. The Balaban J connectivity index is 1.07. The van der Waals surface area contributed by atoms with Crippen LogP contribution < -0.4 is 0 Å². The molecule has 4 bridgehead atoms. The second kappa shape index (κ2) is 11.5. The SMILES string of the molecule is CC1(C)[C@@]2(C)CC[C@]1(C(=O)N(Cc1ccccc1)C[C@]1(O)CC[C@H]3[C@]45C=C[C@@]6(C=C4C(=O)c4cc7ccccc7s4)CC(O)CC[C@]6(C)[C@H]5CC[C@@]31C)OC2=O. The molecule has 3 aromatic rings. The second-order valence-electron chi connectivity index (χ2n) is 20.1. The van der Waals surface area contributed by atoms with Gasteiger partial charge in [-0.1, -0.05) is 94.5 Å². The number of aliphatic hydroxyl groups is 2. The molecule has 1 aromatic heterocycles. The van der Waals surface area contributed by atoms with E-state index in [4.69, 9.17) is 4.74 Å². The number of benzene rings is 2. The van der Waals surface area contributed by atoms with E-state index in [-0.39, 0.29) is 41.5 Å². The molecule has 4 saturated carbocycles. The van der Waals surface area contributed by atoms with Crippen LogP contribution in [-0.2, 0) is 20.9 Å². The van der Waals surface area contributed by atoms with Gasteiger partial charge in [0.2, 0.25) is 0 Å². The average molecular weight is 774 g/mol. The van der Waals surface area contributed by atoms with Crippen LogP contribution in [0.4, 0.5) is 0 Å². The first-order valence-electron chi connectivity index (χ1n) is 20.9. The first-order valence-corrected chi connectivity index (χ1v) is 21.8. The molecule has 7 aliphatic carbocycles. The number of ether oxygens (including phenoxy) is 1. The number of fused-ring (bicyclic) bond motifs is 4. The van der Waals surface area contributed by atoms with Crippen molar-refractivity contribution < 1.29 is 29.3 Å². The number of esters is 1. The minimum absolute atomic E-state index is 0.0519. The summed E-state index contributed by atoms with van der Waals surface area (Å²) in [5.41, 5.74) is -4.04. The van der Waals surface area contributed by atoms with E-state index in [1.807, 2.05) is 74.2 Å². The van der Waals surface area contributed by atoms with Gasteiger partial charge >= 0.3 is 5.97 Å². The summed E-state index contributed by atoms with van der Waals surface area (Å²) in [5, 5.41) is 25.6. The fourth-order valence-corrected chi connectivity index (χ4v) is 15.1. The van der Waals surface area contributed by atoms with Gasteiger partial charge in [0.1, 0.15) is 0 Å². The molecule has 2 heterocycles. The summed E-state index contributed by atoms with van der Waals surface area (Å²) in [7, 11) is 0. The van der Waals surface area contributed by atoms with Crippen LogP contribution in [0.25, 0.3) is 10.1 Å². The highest BCUT2D eigenvalue weighted by Gasteiger charge is 2.78. The van der Waals surface area contributed by atoms with Gasteiger partial charge in [0.15, 0.2) is 11.4 Å². The molecule has 1 aliphatic heterocycles. The van der Waals surface area contributed by atoms with Crippen molar-refractivity contribution in [3.63, 3.8) is 0 Å². The van der Waals surface area contributed by atoms with Gasteiger partial charge in [-0.15, -0.1) is 11.3 Å². The van der Waals surface area contributed by atoms with Gasteiger partial charge in [-0.05, 0) is 105 Å². The van der Waals surface area contributed by atoms with Crippen LogP contribution in [0.5, 0.6) is 0 Å². The summed E-state index contributed by atoms with van der Waals surface area (Å²) in [4.78, 5) is 46.4. The third kappa shape index (κ3) is 4.29. The summed E-state index contributed by atoms with van der Waals surface area (Å²) in [5.74, 6) is -0.348. The molecule has 7 nitrogen and oxygen atoms in total. The van der Waals surface area contributed by atoms with Gasteiger partial charge in [0.05, 0.1) is 28.5 Å². The van der Waals surface area contributed by atoms with Crippen molar-refractivity contribution in [1.29, 1.82) is 0 Å². The number of nitrogens with zero attached hydrogens (tertiary/aromatic N) is 1. The van der Waals surface area contributed by atoms with Gasteiger partial charge < -0.3 is 19.8 Å². The molecule has 2 aromatic carbocycles. The first kappa shape index (κ1) is 36.7. The quantitative estimate of drug-likeness (QED) is 0.141. The molecule has 8 aliphatic rings. The van der Waals surface area contributed by atoms with E-state index in [1.165, 1.54) is 0 Å². The smallest absolute Gasteiger partial charge is 0.313 e. The van der Waals surface area contributed by atoms with Crippen molar-refractivity contribution in [1.82, 2.24) is 4.90 Å². The maximum absolute atomic E-state index is 15.2. The molecule has 5 fully saturated rings. The topological polar surface area (TPSA) is 104 Å². The zero-order chi connectivity index (χ0) is 39.3. The number of carbonyl (C=O) groups is 3. The summed E-state index contributed by atoms with van der Waals surface area (Å²) >= 11 is 1.55. The lowest BCUT2D eigenvalue weighted by Crippen LogP contribution is -2.67. The van der Waals surface area contributed by atoms with Crippen molar-refractivity contribution >= 4 is 39.1 Å². The van der Waals surface area contributed by atoms with Crippen LogP contribution >= 0.6 is 11.3 Å². The van der Waals surface area contributed by atoms with Gasteiger partial charge in [0, 0.05) is 38.5 Å². The summed E-state index contributed by atoms with van der Waals surface area (Å²) < 4.78 is 7.26. The van der Waals surface area contributed by atoms with Crippen molar-refractivity contribution in [2.24, 2.45) is 44.3 Å². The normalized spacial score (nSPS) is 42.5. The third-order valence-corrected chi connectivity index (χ3v) is 19.1. The number of rotatable bonds is 7. The van der Waals surface area contributed by atoms with E-state index >= 15 is 9.59 Å². The largest absolute Gasteiger partial charge is 0.448 e. The number of hydrogen-bond acceptors (Lipinski definition) is 7. The zero-order valence-electron chi connectivity index (χ0n) is 33.4. The summed E-state index contributed by atoms with van der Waals surface area (Å²) in [6, 6.07) is 20.1. The number of aliphatic hydroxyl groups excluding tert-OH is 1. The molecule has 294 valence electrons. The van der Waals surface area contributed by atoms with Crippen LogP contribution in [0.1, 0.15) is 108 Å². The van der Waals surface area contributed by atoms with E-state index in [0.717, 1.165) is 51.8 Å². The number of thiophene rings is 1. The minimum atomic E-state index is -1.30. The zero-order valence-corrected chi connectivity index (χ0v) is 34.2. The molecule has 0 radical (unpaired) electrons. The Hall–Kier alpha value is -3.59. The van der Waals surface area contributed by atoms with Gasteiger partial charge in [-0.3, -0.25) is 14.4 Å². The highest BCUT2D eigenvalue weighted by atomic mass is 32.1. The van der Waals surface area contributed by atoms with Crippen molar-refractivity contribution in [2.45, 2.75) is 116 Å². The van der Waals surface area contributed by atoms with E-state index in [1.54, 1.807) is 11.3 Å². The van der Waals surface area contributed by atoms with E-state index < -0.39 is 44.4 Å². The highest BCUT2D eigenvalue weighted by Crippen LogP contribution is 2.78. The van der Waals surface area contributed by atoms with E-state index in [2.05, 4.69) is 44.2 Å². The number of carbonyl (C=O) groups excluding carboxylic acids is 3. The standard InChI is InChI=1S/C48H55NO6S/c1-41(2)44(5)21-24-48(41,55-40(44)53)39(52)49(28-30-11-7-6-8-12-30)29-46(54)20-17-37-43(46,4)19-16-36-42(3)18-15-32(50)26-45(42)22-23-47(36,37)33(27-45)38(51)35-25-31-13-9-10-14-34(31)56-35/h6-14,22-23,25,27,32,36-37,50,54H,15-21,24,26,28-29H2,1-5H3/t32?,36-,37-,42-,43+,44+,45+,46-,47-,48-/m1/s1.